The number of nitrogens with two attached hydrogens (primary N) is 1. The number of oxime groups is 1. The minimum absolute atomic E-state index is 0.0585. The van der Waals surface area contributed by atoms with Crippen LogP contribution in [0.3, 0.4) is 0 Å². The highest BCUT2D eigenvalue weighted by molar-refractivity contribution is 6.06. The molecular formula is C15H13N3O2. The lowest BCUT2D eigenvalue weighted by Gasteiger charge is -2.10. The zero-order valence-electron chi connectivity index (χ0n) is 10.7. The average molecular weight is 267 g/mol. The molecule has 2 N–H and O–H groups in total. The molecule has 0 bridgehead atoms. The SMILES string of the molecule is NC(=O)c1ccc(C2=NOCC2c2cccnc2)cc1. The van der Waals surface area contributed by atoms with Crippen LogP contribution in [0, 0.1) is 0 Å². The van der Waals surface area contributed by atoms with Crippen LogP contribution < -0.4 is 5.73 Å². The van der Waals surface area contributed by atoms with E-state index < -0.39 is 5.91 Å². The first-order valence-corrected chi connectivity index (χ1v) is 6.26. The molecule has 20 heavy (non-hydrogen) atoms. The van der Waals surface area contributed by atoms with Crippen molar-refractivity contribution in [3.05, 3.63) is 65.5 Å². The smallest absolute Gasteiger partial charge is 0.248 e. The summed E-state index contributed by atoms with van der Waals surface area (Å²) < 4.78 is 0. The standard InChI is InChI=1S/C15H13N3O2/c16-15(19)11-5-3-10(4-6-11)14-13(9-20-18-14)12-2-1-7-17-8-12/h1-8,13H,9H2,(H2,16,19). The number of pyridine rings is 1. The number of hydrogen-bond acceptors (Lipinski definition) is 4. The van der Waals surface area contributed by atoms with Crippen LogP contribution in [-0.2, 0) is 4.84 Å². The maximum atomic E-state index is 11.1. The summed E-state index contributed by atoms with van der Waals surface area (Å²) in [7, 11) is 0. The third-order valence-corrected chi connectivity index (χ3v) is 3.29. The van der Waals surface area contributed by atoms with Gasteiger partial charge in [-0.05, 0) is 23.8 Å². The highest BCUT2D eigenvalue weighted by Gasteiger charge is 2.26. The van der Waals surface area contributed by atoms with Crippen LogP contribution in [0.15, 0.2) is 53.9 Å². The third kappa shape index (κ3) is 2.25. The van der Waals surface area contributed by atoms with Gasteiger partial charge < -0.3 is 10.6 Å². The Bertz CT molecular complexity index is 651. The van der Waals surface area contributed by atoms with Crippen molar-refractivity contribution in [3.63, 3.8) is 0 Å². The second kappa shape index (κ2) is 5.13. The van der Waals surface area contributed by atoms with Crippen LogP contribution in [-0.4, -0.2) is 23.2 Å². The zero-order valence-corrected chi connectivity index (χ0v) is 10.7. The van der Waals surface area contributed by atoms with E-state index >= 15 is 0 Å². The fourth-order valence-electron chi connectivity index (χ4n) is 2.22. The number of hydrogen-bond donors (Lipinski definition) is 1. The van der Waals surface area contributed by atoms with Crippen LogP contribution in [0.25, 0.3) is 0 Å². The molecule has 1 aliphatic rings. The van der Waals surface area contributed by atoms with Gasteiger partial charge in [0.05, 0.1) is 11.6 Å². The Morgan fingerprint density at radius 3 is 2.70 bits per heavy atom. The van der Waals surface area contributed by atoms with Crippen molar-refractivity contribution in [2.45, 2.75) is 5.92 Å². The summed E-state index contributed by atoms with van der Waals surface area (Å²) in [6, 6.07) is 10.9. The Labute approximate surface area is 116 Å². The quantitative estimate of drug-likeness (QED) is 0.919. The number of primary amides is 1. The lowest BCUT2D eigenvalue weighted by molar-refractivity contribution is 0.100. The number of rotatable bonds is 3. The summed E-state index contributed by atoms with van der Waals surface area (Å²) in [6.07, 6.45) is 3.55. The summed E-state index contributed by atoms with van der Waals surface area (Å²) in [5.41, 5.74) is 8.53. The minimum Gasteiger partial charge on any atom is -0.394 e. The first kappa shape index (κ1) is 12.3. The van der Waals surface area contributed by atoms with Crippen molar-refractivity contribution >= 4 is 11.6 Å². The van der Waals surface area contributed by atoms with E-state index in [1.807, 2.05) is 30.5 Å². The lowest BCUT2D eigenvalue weighted by Crippen LogP contribution is -2.14. The maximum Gasteiger partial charge on any atom is 0.248 e. The molecule has 1 aliphatic heterocycles. The van der Waals surface area contributed by atoms with Crippen LogP contribution in [0.1, 0.15) is 27.4 Å². The topological polar surface area (TPSA) is 77.6 Å². The molecule has 0 saturated carbocycles. The van der Waals surface area contributed by atoms with Crippen molar-refractivity contribution in [1.82, 2.24) is 4.98 Å². The Balaban J connectivity index is 1.91. The van der Waals surface area contributed by atoms with Gasteiger partial charge in [0.25, 0.3) is 0 Å². The molecule has 0 radical (unpaired) electrons. The fourth-order valence-corrected chi connectivity index (χ4v) is 2.22. The van der Waals surface area contributed by atoms with Crippen molar-refractivity contribution < 1.29 is 9.63 Å². The van der Waals surface area contributed by atoms with E-state index in [2.05, 4.69) is 10.1 Å². The first-order chi connectivity index (χ1) is 9.75. The van der Waals surface area contributed by atoms with Gasteiger partial charge in [-0.2, -0.15) is 0 Å². The molecule has 100 valence electrons. The van der Waals surface area contributed by atoms with Crippen molar-refractivity contribution in [1.29, 1.82) is 0 Å². The number of benzene rings is 1. The van der Waals surface area contributed by atoms with E-state index in [1.165, 1.54) is 0 Å². The molecule has 0 spiro atoms. The van der Waals surface area contributed by atoms with Crippen molar-refractivity contribution in [2.75, 3.05) is 6.61 Å². The summed E-state index contributed by atoms with van der Waals surface area (Å²) in [6.45, 7) is 0.499. The van der Waals surface area contributed by atoms with Gasteiger partial charge >= 0.3 is 0 Å². The summed E-state index contributed by atoms with van der Waals surface area (Å²) >= 11 is 0. The predicted molar refractivity (Wildman–Crippen MR) is 74.4 cm³/mol. The largest absolute Gasteiger partial charge is 0.394 e. The van der Waals surface area contributed by atoms with Gasteiger partial charge in [-0.3, -0.25) is 9.78 Å². The van der Waals surface area contributed by atoms with Gasteiger partial charge in [0.2, 0.25) is 5.91 Å². The van der Waals surface area contributed by atoms with E-state index in [0.29, 0.717) is 12.2 Å². The molecule has 5 heteroatoms. The number of carbonyl (C=O) groups excluding carboxylic acids is 1. The molecule has 1 unspecified atom stereocenters. The second-order valence-electron chi connectivity index (χ2n) is 4.55. The average Bonchev–Trinajstić information content (AvgIpc) is 2.97. The zero-order chi connectivity index (χ0) is 13.9. The van der Waals surface area contributed by atoms with E-state index in [4.69, 9.17) is 10.6 Å². The van der Waals surface area contributed by atoms with Gasteiger partial charge in [0.1, 0.15) is 6.61 Å². The highest BCUT2D eigenvalue weighted by atomic mass is 16.6. The first-order valence-electron chi connectivity index (χ1n) is 6.26. The molecule has 1 aromatic carbocycles. The lowest BCUT2D eigenvalue weighted by atomic mass is 9.92. The molecule has 1 atom stereocenters. The van der Waals surface area contributed by atoms with E-state index in [0.717, 1.165) is 16.8 Å². The van der Waals surface area contributed by atoms with Crippen molar-refractivity contribution in [3.8, 4) is 0 Å². The van der Waals surface area contributed by atoms with E-state index in [-0.39, 0.29) is 5.92 Å². The Hall–Kier alpha value is -2.69. The monoisotopic (exact) mass is 267 g/mol. The second-order valence-corrected chi connectivity index (χ2v) is 4.55. The van der Waals surface area contributed by atoms with Crippen LogP contribution in [0.5, 0.6) is 0 Å². The predicted octanol–water partition coefficient (Wildman–Crippen LogP) is 1.70. The van der Waals surface area contributed by atoms with E-state index in [9.17, 15) is 4.79 Å². The number of carbonyl (C=O) groups is 1. The minimum atomic E-state index is -0.440. The Morgan fingerprint density at radius 1 is 1.25 bits per heavy atom. The molecule has 1 amide bonds. The molecule has 0 aliphatic carbocycles. The van der Waals surface area contributed by atoms with Gasteiger partial charge in [-0.1, -0.05) is 23.4 Å². The normalized spacial score (nSPS) is 17.4. The van der Waals surface area contributed by atoms with Gasteiger partial charge in [0.15, 0.2) is 0 Å². The van der Waals surface area contributed by atoms with Gasteiger partial charge in [-0.15, -0.1) is 0 Å². The third-order valence-electron chi connectivity index (χ3n) is 3.29. The van der Waals surface area contributed by atoms with Crippen LogP contribution >= 0.6 is 0 Å². The Morgan fingerprint density at radius 2 is 2.05 bits per heavy atom. The number of aromatic nitrogens is 1. The highest BCUT2D eigenvalue weighted by Crippen LogP contribution is 2.26. The van der Waals surface area contributed by atoms with Crippen LogP contribution in [0.2, 0.25) is 0 Å². The van der Waals surface area contributed by atoms with Gasteiger partial charge in [-0.25, -0.2) is 0 Å². The molecule has 0 fully saturated rings. The fraction of sp³-hybridized carbons (Fsp3) is 0.133. The number of nitrogens with zero attached hydrogens (tertiary/aromatic N) is 2. The summed E-state index contributed by atoms with van der Waals surface area (Å²) in [5, 5.41) is 4.11. The molecule has 2 aromatic rings. The Kier molecular flexibility index (Phi) is 3.16. The maximum absolute atomic E-state index is 11.1. The molecular weight excluding hydrogens is 254 g/mol. The summed E-state index contributed by atoms with van der Waals surface area (Å²) in [4.78, 5) is 20.4. The molecule has 2 heterocycles. The van der Waals surface area contributed by atoms with Gasteiger partial charge in [0, 0.05) is 23.5 Å². The van der Waals surface area contributed by atoms with Crippen molar-refractivity contribution in [2.24, 2.45) is 10.9 Å². The molecule has 0 saturated heterocycles. The van der Waals surface area contributed by atoms with E-state index in [1.54, 1.807) is 18.3 Å². The molecule has 1 aromatic heterocycles. The molecule has 5 nitrogen and oxygen atoms in total. The number of amides is 1. The summed E-state index contributed by atoms with van der Waals surface area (Å²) in [5.74, 6) is -0.381. The molecule has 3 rings (SSSR count). The van der Waals surface area contributed by atoms with Crippen LogP contribution in [0.4, 0.5) is 0 Å².